The molecule has 28 heavy (non-hydrogen) atoms. The van der Waals surface area contributed by atoms with Gasteiger partial charge in [-0.1, -0.05) is 30.3 Å². The largest absolute Gasteiger partial charge is 0.339 e. The first-order valence-corrected chi connectivity index (χ1v) is 10.6. The zero-order valence-electron chi connectivity index (χ0n) is 15.6. The molecule has 1 fully saturated rings. The molecule has 1 amide bonds. The highest BCUT2D eigenvalue weighted by Crippen LogP contribution is 2.18. The molecule has 1 aliphatic rings. The zero-order chi connectivity index (χ0) is 20.1. The summed E-state index contributed by atoms with van der Waals surface area (Å²) < 4.78 is 40.5. The van der Waals surface area contributed by atoms with Gasteiger partial charge in [-0.3, -0.25) is 4.79 Å². The Kier molecular flexibility index (Phi) is 6.26. The van der Waals surface area contributed by atoms with Gasteiger partial charge in [-0.25, -0.2) is 17.5 Å². The van der Waals surface area contributed by atoms with E-state index in [4.69, 9.17) is 0 Å². The van der Waals surface area contributed by atoms with Crippen molar-refractivity contribution in [1.82, 2.24) is 9.62 Å². The van der Waals surface area contributed by atoms with E-state index in [9.17, 15) is 17.6 Å². The van der Waals surface area contributed by atoms with Crippen molar-refractivity contribution in [2.24, 2.45) is 0 Å². The van der Waals surface area contributed by atoms with Crippen LogP contribution in [-0.4, -0.2) is 38.4 Å². The van der Waals surface area contributed by atoms with Gasteiger partial charge < -0.3 is 4.90 Å². The fourth-order valence-electron chi connectivity index (χ4n) is 3.18. The molecule has 1 heterocycles. The van der Waals surface area contributed by atoms with Crippen molar-refractivity contribution >= 4 is 21.5 Å². The topological polar surface area (TPSA) is 66.5 Å². The number of amides is 1. The molecule has 0 spiro atoms. The number of piperidine rings is 1. The Balaban J connectivity index is 1.57. The Labute approximate surface area is 164 Å². The molecule has 2 aromatic rings. The minimum atomic E-state index is -3.70. The van der Waals surface area contributed by atoms with Crippen LogP contribution in [0.15, 0.2) is 65.6 Å². The standard InChI is InChI=1S/C21H23FN2O3S/c1-16(17-5-3-2-4-6-17)15-21(25)24-13-11-19(12-14-24)23-28(26,27)20-9-7-18(22)8-10-20/h2-10,15,19,23H,11-14H2,1H3. The van der Waals surface area contributed by atoms with Crippen LogP contribution in [-0.2, 0) is 14.8 Å². The van der Waals surface area contributed by atoms with Gasteiger partial charge >= 0.3 is 0 Å². The van der Waals surface area contributed by atoms with E-state index in [1.54, 1.807) is 11.0 Å². The lowest BCUT2D eigenvalue weighted by atomic mass is 10.0. The number of sulfonamides is 1. The summed E-state index contributed by atoms with van der Waals surface area (Å²) in [5.74, 6) is -0.550. The van der Waals surface area contributed by atoms with Crippen LogP contribution in [0.25, 0.3) is 5.57 Å². The number of nitrogens with zero attached hydrogens (tertiary/aromatic N) is 1. The molecular weight excluding hydrogens is 379 g/mol. The van der Waals surface area contributed by atoms with Crippen LogP contribution in [0.3, 0.4) is 0 Å². The first kappa shape index (κ1) is 20.2. The summed E-state index contributed by atoms with van der Waals surface area (Å²) in [4.78, 5) is 14.3. The lowest BCUT2D eigenvalue weighted by Gasteiger charge is -2.31. The third-order valence-corrected chi connectivity index (χ3v) is 6.36. The second kappa shape index (κ2) is 8.67. The summed E-state index contributed by atoms with van der Waals surface area (Å²) in [6, 6.07) is 14.2. The normalized spacial score (nSPS) is 16.2. The van der Waals surface area contributed by atoms with Gasteiger partial charge in [-0.15, -0.1) is 0 Å². The van der Waals surface area contributed by atoms with Gasteiger partial charge in [0.05, 0.1) is 4.90 Å². The Hall–Kier alpha value is -2.51. The average molecular weight is 402 g/mol. The number of nitrogens with one attached hydrogen (secondary N) is 1. The van der Waals surface area contributed by atoms with Gasteiger partial charge in [0.2, 0.25) is 15.9 Å². The van der Waals surface area contributed by atoms with E-state index in [-0.39, 0.29) is 16.8 Å². The van der Waals surface area contributed by atoms with Crippen molar-refractivity contribution in [3.8, 4) is 0 Å². The summed E-state index contributed by atoms with van der Waals surface area (Å²) in [6.45, 7) is 2.86. The van der Waals surface area contributed by atoms with E-state index in [1.165, 1.54) is 12.1 Å². The van der Waals surface area contributed by atoms with Crippen molar-refractivity contribution in [2.45, 2.75) is 30.7 Å². The SMILES string of the molecule is CC(=CC(=O)N1CCC(NS(=O)(=O)c2ccc(F)cc2)CC1)c1ccccc1. The van der Waals surface area contributed by atoms with E-state index in [0.717, 1.165) is 23.3 Å². The lowest BCUT2D eigenvalue weighted by Crippen LogP contribution is -2.46. The van der Waals surface area contributed by atoms with E-state index in [1.807, 2.05) is 37.3 Å². The van der Waals surface area contributed by atoms with Crippen molar-refractivity contribution < 1.29 is 17.6 Å². The van der Waals surface area contributed by atoms with Crippen LogP contribution in [0.4, 0.5) is 4.39 Å². The maximum absolute atomic E-state index is 13.0. The molecule has 7 heteroatoms. The first-order chi connectivity index (χ1) is 13.3. The fourth-order valence-corrected chi connectivity index (χ4v) is 4.48. The summed E-state index contributed by atoms with van der Waals surface area (Å²) in [5.41, 5.74) is 1.89. The highest BCUT2D eigenvalue weighted by molar-refractivity contribution is 7.89. The van der Waals surface area contributed by atoms with Crippen LogP contribution >= 0.6 is 0 Å². The molecule has 0 aliphatic carbocycles. The molecule has 0 radical (unpaired) electrons. The summed E-state index contributed by atoms with van der Waals surface area (Å²) >= 11 is 0. The van der Waals surface area contributed by atoms with Crippen molar-refractivity contribution in [1.29, 1.82) is 0 Å². The molecule has 3 rings (SSSR count). The minimum absolute atomic E-state index is 0.0359. The first-order valence-electron chi connectivity index (χ1n) is 9.16. The Morgan fingerprint density at radius 3 is 2.29 bits per heavy atom. The van der Waals surface area contributed by atoms with Crippen molar-refractivity contribution in [2.75, 3.05) is 13.1 Å². The van der Waals surface area contributed by atoms with E-state index < -0.39 is 15.8 Å². The molecule has 0 unspecified atom stereocenters. The molecule has 5 nitrogen and oxygen atoms in total. The number of hydrogen-bond donors (Lipinski definition) is 1. The molecule has 1 aliphatic heterocycles. The van der Waals surface area contributed by atoms with E-state index in [2.05, 4.69) is 4.72 Å². The van der Waals surface area contributed by atoms with Gasteiger partial charge in [0.25, 0.3) is 0 Å². The predicted molar refractivity (Wildman–Crippen MR) is 106 cm³/mol. The maximum atomic E-state index is 13.0. The van der Waals surface area contributed by atoms with Crippen molar-refractivity contribution in [3.05, 3.63) is 72.1 Å². The Morgan fingerprint density at radius 1 is 1.07 bits per heavy atom. The summed E-state index contributed by atoms with van der Waals surface area (Å²) in [6.07, 6.45) is 2.69. The van der Waals surface area contributed by atoms with Gasteiger partial charge in [0.15, 0.2) is 0 Å². The molecule has 0 atom stereocenters. The van der Waals surface area contributed by atoms with Gasteiger partial charge in [-0.05, 0) is 55.2 Å². The third-order valence-electron chi connectivity index (χ3n) is 4.82. The second-order valence-corrected chi connectivity index (χ2v) is 8.58. The lowest BCUT2D eigenvalue weighted by molar-refractivity contribution is -0.127. The van der Waals surface area contributed by atoms with Crippen LogP contribution in [0.2, 0.25) is 0 Å². The maximum Gasteiger partial charge on any atom is 0.246 e. The number of likely N-dealkylation sites (tertiary alicyclic amines) is 1. The summed E-state index contributed by atoms with van der Waals surface area (Å²) in [7, 11) is -3.70. The second-order valence-electron chi connectivity index (χ2n) is 6.87. The summed E-state index contributed by atoms with van der Waals surface area (Å²) in [5, 5.41) is 0. The molecule has 1 saturated heterocycles. The number of benzene rings is 2. The Bertz CT molecular complexity index is 949. The zero-order valence-corrected chi connectivity index (χ0v) is 16.5. The number of halogens is 1. The molecule has 148 valence electrons. The number of allylic oxidation sites excluding steroid dienone is 1. The smallest absolute Gasteiger partial charge is 0.246 e. The average Bonchev–Trinajstić information content (AvgIpc) is 2.69. The third kappa shape index (κ3) is 5.05. The number of carbonyl (C=O) groups is 1. The van der Waals surface area contributed by atoms with E-state index in [0.29, 0.717) is 25.9 Å². The highest BCUT2D eigenvalue weighted by Gasteiger charge is 2.26. The fraction of sp³-hybridized carbons (Fsp3) is 0.286. The minimum Gasteiger partial charge on any atom is -0.339 e. The van der Waals surface area contributed by atoms with Gasteiger partial charge in [0.1, 0.15) is 5.82 Å². The van der Waals surface area contributed by atoms with Gasteiger partial charge in [0, 0.05) is 25.2 Å². The number of hydrogen-bond acceptors (Lipinski definition) is 3. The van der Waals surface area contributed by atoms with Crippen LogP contribution in [0.1, 0.15) is 25.3 Å². The highest BCUT2D eigenvalue weighted by atomic mass is 32.2. The molecule has 0 aromatic heterocycles. The van der Waals surface area contributed by atoms with Crippen molar-refractivity contribution in [3.63, 3.8) is 0 Å². The molecule has 1 N–H and O–H groups in total. The van der Waals surface area contributed by atoms with Crippen LogP contribution in [0.5, 0.6) is 0 Å². The predicted octanol–water partition coefficient (Wildman–Crippen LogP) is 3.20. The van der Waals surface area contributed by atoms with Crippen LogP contribution < -0.4 is 4.72 Å². The molecule has 2 aromatic carbocycles. The van der Waals surface area contributed by atoms with Crippen LogP contribution in [0, 0.1) is 5.82 Å². The monoisotopic (exact) mass is 402 g/mol. The Morgan fingerprint density at radius 2 is 1.68 bits per heavy atom. The number of rotatable bonds is 5. The molecule has 0 bridgehead atoms. The number of carbonyl (C=O) groups excluding carboxylic acids is 1. The molecule has 0 saturated carbocycles. The molecular formula is C21H23FN2O3S. The van der Waals surface area contributed by atoms with Gasteiger partial charge in [-0.2, -0.15) is 0 Å². The van der Waals surface area contributed by atoms with E-state index >= 15 is 0 Å². The quantitative estimate of drug-likeness (QED) is 0.781.